The first kappa shape index (κ1) is 20.9. The third-order valence-electron chi connectivity index (χ3n) is 5.09. The second-order valence-corrected chi connectivity index (χ2v) is 8.59. The number of amides is 1. The minimum Gasteiger partial charge on any atom is -0.493 e. The van der Waals surface area contributed by atoms with Gasteiger partial charge >= 0.3 is 0 Å². The number of benzene rings is 2. The van der Waals surface area contributed by atoms with Gasteiger partial charge in [0, 0.05) is 39.3 Å². The number of carbonyl (C=O) groups excluding carboxylic acids is 1. The van der Waals surface area contributed by atoms with Crippen LogP contribution in [0.4, 0.5) is 5.13 Å². The lowest BCUT2D eigenvalue weighted by molar-refractivity contribution is -0.121. The number of hydrogen-bond acceptors (Lipinski definition) is 6. The zero-order valence-corrected chi connectivity index (χ0v) is 18.3. The third kappa shape index (κ3) is 5.41. The molecule has 2 aromatic carbocycles. The predicted molar refractivity (Wildman–Crippen MR) is 123 cm³/mol. The standard InChI is InChI=1S/C22H25ClN4O2S/c23-18-7-4-8-19-21(18)25-22(30-19)27-14-12-26(13-15-27)11-10-24-20(28)9-16-29-17-5-2-1-3-6-17/h1-8H,9-16H2,(H,24,28). The van der Waals surface area contributed by atoms with Crippen molar-refractivity contribution in [2.75, 3.05) is 50.8 Å². The summed E-state index contributed by atoms with van der Waals surface area (Å²) in [5.74, 6) is 0.814. The van der Waals surface area contributed by atoms with Crippen molar-refractivity contribution < 1.29 is 9.53 Å². The zero-order valence-electron chi connectivity index (χ0n) is 16.7. The largest absolute Gasteiger partial charge is 0.493 e. The molecule has 0 spiro atoms. The molecule has 2 heterocycles. The van der Waals surface area contributed by atoms with E-state index in [4.69, 9.17) is 21.3 Å². The van der Waals surface area contributed by atoms with Crippen molar-refractivity contribution in [3.63, 3.8) is 0 Å². The van der Waals surface area contributed by atoms with Gasteiger partial charge in [-0.25, -0.2) is 4.98 Å². The van der Waals surface area contributed by atoms with Crippen LogP contribution in [0.25, 0.3) is 10.2 Å². The van der Waals surface area contributed by atoms with Gasteiger partial charge in [-0.05, 0) is 24.3 Å². The molecule has 1 aliphatic rings. The first-order valence-electron chi connectivity index (χ1n) is 10.2. The molecule has 6 nitrogen and oxygen atoms in total. The highest BCUT2D eigenvalue weighted by Crippen LogP contribution is 2.33. The predicted octanol–water partition coefficient (Wildman–Crippen LogP) is 3.66. The molecule has 1 N–H and O–H groups in total. The number of thiazole rings is 1. The minimum atomic E-state index is 0.0240. The normalized spacial score (nSPS) is 14.8. The molecular formula is C22H25ClN4O2S. The number of fused-ring (bicyclic) bond motifs is 1. The van der Waals surface area contributed by atoms with Crippen LogP contribution in [0.2, 0.25) is 5.02 Å². The highest BCUT2D eigenvalue weighted by Gasteiger charge is 2.20. The van der Waals surface area contributed by atoms with Crippen LogP contribution in [0.1, 0.15) is 6.42 Å². The molecule has 0 radical (unpaired) electrons. The summed E-state index contributed by atoms with van der Waals surface area (Å²) in [6.07, 6.45) is 0.364. The van der Waals surface area contributed by atoms with Gasteiger partial charge in [-0.2, -0.15) is 0 Å². The van der Waals surface area contributed by atoms with Gasteiger partial charge in [0.2, 0.25) is 5.91 Å². The van der Waals surface area contributed by atoms with Crippen LogP contribution >= 0.6 is 22.9 Å². The number of halogens is 1. The Morgan fingerprint density at radius 1 is 1.10 bits per heavy atom. The molecule has 30 heavy (non-hydrogen) atoms. The first-order valence-corrected chi connectivity index (χ1v) is 11.4. The van der Waals surface area contributed by atoms with E-state index in [-0.39, 0.29) is 5.91 Å². The fourth-order valence-electron chi connectivity index (χ4n) is 3.42. The highest BCUT2D eigenvalue weighted by molar-refractivity contribution is 7.22. The number of nitrogens with one attached hydrogen (secondary N) is 1. The summed E-state index contributed by atoms with van der Waals surface area (Å²) in [6.45, 7) is 5.66. The number of aromatic nitrogens is 1. The van der Waals surface area contributed by atoms with E-state index in [1.807, 2.05) is 42.5 Å². The fraction of sp³-hybridized carbons (Fsp3) is 0.364. The Bertz CT molecular complexity index is 974. The average molecular weight is 445 g/mol. The molecule has 0 saturated carbocycles. The molecular weight excluding hydrogens is 420 g/mol. The monoisotopic (exact) mass is 444 g/mol. The molecule has 1 aromatic heterocycles. The molecule has 0 unspecified atom stereocenters. The lowest BCUT2D eigenvalue weighted by Crippen LogP contribution is -2.48. The number of ether oxygens (including phenoxy) is 1. The van der Waals surface area contributed by atoms with Crippen LogP contribution in [0.15, 0.2) is 48.5 Å². The van der Waals surface area contributed by atoms with Gasteiger partial charge < -0.3 is 15.0 Å². The van der Waals surface area contributed by atoms with Crippen molar-refractivity contribution in [1.29, 1.82) is 0 Å². The van der Waals surface area contributed by atoms with Gasteiger partial charge in [-0.15, -0.1) is 0 Å². The highest BCUT2D eigenvalue weighted by atomic mass is 35.5. The maximum atomic E-state index is 12.0. The number of para-hydroxylation sites is 2. The van der Waals surface area contributed by atoms with Crippen LogP contribution in [-0.4, -0.2) is 61.7 Å². The Balaban J connectivity index is 1.14. The summed E-state index contributed by atoms with van der Waals surface area (Å²) >= 11 is 7.94. The van der Waals surface area contributed by atoms with Gasteiger partial charge in [0.15, 0.2) is 5.13 Å². The van der Waals surface area contributed by atoms with E-state index in [1.54, 1.807) is 11.3 Å². The Morgan fingerprint density at radius 2 is 1.90 bits per heavy atom. The molecule has 0 aliphatic carbocycles. The summed E-state index contributed by atoms with van der Waals surface area (Å²) in [7, 11) is 0. The van der Waals surface area contributed by atoms with Crippen LogP contribution in [0.5, 0.6) is 5.75 Å². The van der Waals surface area contributed by atoms with Gasteiger partial charge in [-0.1, -0.05) is 47.2 Å². The van der Waals surface area contributed by atoms with Crippen molar-refractivity contribution in [2.45, 2.75) is 6.42 Å². The molecule has 3 aromatic rings. The fourth-order valence-corrected chi connectivity index (χ4v) is 4.74. The zero-order chi connectivity index (χ0) is 20.8. The van der Waals surface area contributed by atoms with Crippen molar-refractivity contribution in [3.8, 4) is 5.75 Å². The van der Waals surface area contributed by atoms with E-state index < -0.39 is 0 Å². The molecule has 0 atom stereocenters. The van der Waals surface area contributed by atoms with Crippen LogP contribution in [0, 0.1) is 0 Å². The van der Waals surface area contributed by atoms with Gasteiger partial charge in [0.1, 0.15) is 11.3 Å². The van der Waals surface area contributed by atoms with Gasteiger partial charge in [0.05, 0.1) is 22.8 Å². The van der Waals surface area contributed by atoms with Crippen molar-refractivity contribution in [3.05, 3.63) is 53.6 Å². The maximum Gasteiger partial charge on any atom is 0.223 e. The van der Waals surface area contributed by atoms with Crippen molar-refractivity contribution in [2.24, 2.45) is 0 Å². The lowest BCUT2D eigenvalue weighted by Gasteiger charge is -2.34. The minimum absolute atomic E-state index is 0.0240. The Hall–Kier alpha value is -2.35. The van der Waals surface area contributed by atoms with Crippen LogP contribution in [-0.2, 0) is 4.79 Å². The lowest BCUT2D eigenvalue weighted by atomic mass is 10.3. The number of piperazine rings is 1. The molecule has 1 aliphatic heterocycles. The number of anilines is 1. The van der Waals surface area contributed by atoms with Crippen LogP contribution in [0.3, 0.4) is 0 Å². The molecule has 8 heteroatoms. The number of rotatable bonds is 8. The smallest absolute Gasteiger partial charge is 0.223 e. The summed E-state index contributed by atoms with van der Waals surface area (Å²) in [4.78, 5) is 21.4. The molecule has 0 bridgehead atoms. The SMILES string of the molecule is O=C(CCOc1ccccc1)NCCN1CCN(c2nc3c(Cl)cccc3s2)CC1. The Morgan fingerprint density at radius 3 is 2.67 bits per heavy atom. The van der Waals surface area contributed by atoms with E-state index in [2.05, 4.69) is 21.2 Å². The maximum absolute atomic E-state index is 12.0. The number of carbonyl (C=O) groups is 1. The molecule has 1 fully saturated rings. The summed E-state index contributed by atoms with van der Waals surface area (Å²) < 4.78 is 6.69. The first-order chi connectivity index (χ1) is 14.7. The van der Waals surface area contributed by atoms with E-state index in [9.17, 15) is 4.79 Å². The quantitative estimate of drug-likeness (QED) is 0.574. The summed E-state index contributed by atoms with van der Waals surface area (Å²) in [5, 5.41) is 4.72. The van der Waals surface area contributed by atoms with E-state index >= 15 is 0 Å². The molecule has 1 saturated heterocycles. The Labute approximate surface area is 185 Å². The number of hydrogen-bond donors (Lipinski definition) is 1. The second-order valence-electron chi connectivity index (χ2n) is 7.17. The van der Waals surface area contributed by atoms with E-state index in [0.29, 0.717) is 24.6 Å². The number of nitrogens with zero attached hydrogens (tertiary/aromatic N) is 3. The Kier molecular flexibility index (Phi) is 7.04. The van der Waals surface area contributed by atoms with E-state index in [1.165, 1.54) is 0 Å². The topological polar surface area (TPSA) is 57.7 Å². The van der Waals surface area contributed by atoms with E-state index in [0.717, 1.165) is 53.8 Å². The third-order valence-corrected chi connectivity index (χ3v) is 6.48. The van der Waals surface area contributed by atoms with Crippen LogP contribution < -0.4 is 15.0 Å². The molecule has 1 amide bonds. The second kappa shape index (κ2) is 10.1. The summed E-state index contributed by atoms with van der Waals surface area (Å²) in [6, 6.07) is 15.5. The van der Waals surface area contributed by atoms with Crippen molar-refractivity contribution in [1.82, 2.24) is 15.2 Å². The molecule has 158 valence electrons. The average Bonchev–Trinajstić information content (AvgIpc) is 3.21. The molecule has 4 rings (SSSR count). The summed E-state index contributed by atoms with van der Waals surface area (Å²) in [5.41, 5.74) is 0.889. The van der Waals surface area contributed by atoms with Gasteiger partial charge in [0.25, 0.3) is 0 Å². The van der Waals surface area contributed by atoms with Gasteiger partial charge in [-0.3, -0.25) is 9.69 Å². The van der Waals surface area contributed by atoms with Crippen molar-refractivity contribution >= 4 is 44.2 Å².